The zero-order valence-corrected chi connectivity index (χ0v) is 12.4. The second kappa shape index (κ2) is 6.89. The number of rotatable bonds is 5. The van der Waals surface area contributed by atoms with E-state index in [1.807, 2.05) is 30.3 Å². The molecule has 20 heavy (non-hydrogen) atoms. The summed E-state index contributed by atoms with van der Waals surface area (Å²) < 4.78 is 4.69. The third-order valence-electron chi connectivity index (χ3n) is 2.75. The summed E-state index contributed by atoms with van der Waals surface area (Å²) in [6, 6.07) is 9.63. The number of ketones is 1. The summed E-state index contributed by atoms with van der Waals surface area (Å²) in [4.78, 5) is 23.7. The number of methoxy groups -OCH3 is 1. The van der Waals surface area contributed by atoms with Crippen molar-refractivity contribution in [2.75, 3.05) is 7.11 Å². The molecule has 0 saturated carbocycles. The Morgan fingerprint density at radius 1 is 1.20 bits per heavy atom. The minimum absolute atomic E-state index is 0.126. The molecular formula is C16H21NO3. The topological polar surface area (TPSA) is 55.4 Å². The first-order valence-electron chi connectivity index (χ1n) is 6.47. The number of carbonyl (C=O) groups is 2. The number of hydrogen-bond acceptors (Lipinski definition) is 4. The molecule has 0 aliphatic rings. The van der Waals surface area contributed by atoms with E-state index >= 15 is 0 Å². The fraction of sp³-hybridized carbons (Fsp3) is 0.375. The number of esters is 1. The van der Waals surface area contributed by atoms with E-state index in [0.717, 1.165) is 5.56 Å². The molecule has 0 saturated heterocycles. The quantitative estimate of drug-likeness (QED) is 0.662. The number of benzene rings is 1. The van der Waals surface area contributed by atoms with Crippen molar-refractivity contribution < 1.29 is 14.3 Å². The molecule has 1 aromatic carbocycles. The smallest absolute Gasteiger partial charge is 0.354 e. The van der Waals surface area contributed by atoms with Crippen molar-refractivity contribution in [1.82, 2.24) is 5.32 Å². The summed E-state index contributed by atoms with van der Waals surface area (Å²) in [6.45, 7) is 5.87. The highest BCUT2D eigenvalue weighted by atomic mass is 16.5. The van der Waals surface area contributed by atoms with Gasteiger partial charge in [0.1, 0.15) is 5.70 Å². The molecule has 0 aromatic heterocycles. The first kappa shape index (κ1) is 16.0. The molecule has 108 valence electrons. The molecule has 1 aromatic rings. The van der Waals surface area contributed by atoms with E-state index in [-0.39, 0.29) is 11.5 Å². The maximum absolute atomic E-state index is 12.0. The van der Waals surface area contributed by atoms with Crippen LogP contribution in [0.4, 0.5) is 0 Å². The van der Waals surface area contributed by atoms with Gasteiger partial charge in [-0.3, -0.25) is 4.79 Å². The van der Waals surface area contributed by atoms with Crippen LogP contribution < -0.4 is 5.32 Å². The molecule has 4 heteroatoms. The number of allylic oxidation sites excluding steroid dienone is 1. The van der Waals surface area contributed by atoms with Gasteiger partial charge < -0.3 is 10.1 Å². The normalized spacial score (nSPS) is 11.9. The molecule has 0 bridgehead atoms. The molecule has 0 amide bonds. The van der Waals surface area contributed by atoms with Crippen LogP contribution in [0, 0.1) is 5.41 Å². The van der Waals surface area contributed by atoms with Crippen molar-refractivity contribution in [2.24, 2.45) is 5.41 Å². The Balaban J connectivity index is 2.83. The van der Waals surface area contributed by atoms with Crippen molar-refractivity contribution in [1.29, 1.82) is 0 Å². The van der Waals surface area contributed by atoms with Crippen molar-refractivity contribution >= 4 is 11.8 Å². The van der Waals surface area contributed by atoms with Gasteiger partial charge in [0.05, 0.1) is 7.11 Å². The Hall–Kier alpha value is -2.10. The highest BCUT2D eigenvalue weighted by Gasteiger charge is 2.21. The van der Waals surface area contributed by atoms with E-state index in [0.29, 0.717) is 6.54 Å². The molecule has 1 N–H and O–H groups in total. The Labute approximate surface area is 119 Å². The molecule has 0 radical (unpaired) electrons. The standard InChI is InChI=1S/C16H21NO3/c1-16(2,3)14(18)10-13(15(19)20-4)17-11-12-8-6-5-7-9-12/h5-10,17H,11H2,1-4H3/b13-10-. The van der Waals surface area contributed by atoms with Crippen LogP contribution in [0.2, 0.25) is 0 Å². The van der Waals surface area contributed by atoms with Crippen LogP contribution in [0.1, 0.15) is 26.3 Å². The lowest BCUT2D eigenvalue weighted by molar-refractivity contribution is -0.137. The van der Waals surface area contributed by atoms with Crippen molar-refractivity contribution in [3.05, 3.63) is 47.7 Å². The molecule has 0 heterocycles. The lowest BCUT2D eigenvalue weighted by atomic mass is 9.90. The average molecular weight is 275 g/mol. The lowest BCUT2D eigenvalue weighted by Gasteiger charge is -2.15. The van der Waals surface area contributed by atoms with Gasteiger partial charge in [-0.05, 0) is 5.56 Å². The lowest BCUT2D eigenvalue weighted by Crippen LogP contribution is -2.25. The summed E-state index contributed by atoms with van der Waals surface area (Å²) in [5, 5.41) is 2.96. The van der Waals surface area contributed by atoms with Crippen molar-refractivity contribution in [3.8, 4) is 0 Å². The highest BCUT2D eigenvalue weighted by molar-refractivity contribution is 6.01. The van der Waals surface area contributed by atoms with E-state index in [1.54, 1.807) is 20.8 Å². The van der Waals surface area contributed by atoms with E-state index in [2.05, 4.69) is 5.32 Å². The van der Waals surface area contributed by atoms with Gasteiger partial charge >= 0.3 is 5.97 Å². The summed E-state index contributed by atoms with van der Waals surface area (Å²) in [7, 11) is 1.29. The summed E-state index contributed by atoms with van der Waals surface area (Å²) in [5.74, 6) is -0.669. The van der Waals surface area contributed by atoms with Crippen LogP contribution in [0.5, 0.6) is 0 Å². The maximum Gasteiger partial charge on any atom is 0.354 e. The van der Waals surface area contributed by atoms with Gasteiger partial charge in [-0.2, -0.15) is 0 Å². The van der Waals surface area contributed by atoms with E-state index in [4.69, 9.17) is 4.74 Å². The maximum atomic E-state index is 12.0. The number of ether oxygens (including phenoxy) is 1. The number of carbonyl (C=O) groups excluding carboxylic acids is 2. The molecule has 0 aliphatic carbocycles. The van der Waals surface area contributed by atoms with Crippen LogP contribution in [0.15, 0.2) is 42.1 Å². The number of hydrogen-bond donors (Lipinski definition) is 1. The fourth-order valence-corrected chi connectivity index (χ4v) is 1.43. The van der Waals surface area contributed by atoms with Gasteiger partial charge in [0.2, 0.25) is 0 Å². The predicted molar refractivity (Wildman–Crippen MR) is 77.8 cm³/mol. The average Bonchev–Trinajstić information content (AvgIpc) is 2.42. The largest absolute Gasteiger partial charge is 0.464 e. The molecule has 1 rings (SSSR count). The van der Waals surface area contributed by atoms with Crippen molar-refractivity contribution in [2.45, 2.75) is 27.3 Å². The minimum atomic E-state index is -0.543. The Kier molecular flexibility index (Phi) is 5.50. The van der Waals surface area contributed by atoms with Gasteiger partial charge in [0.15, 0.2) is 5.78 Å². The van der Waals surface area contributed by atoms with Crippen LogP contribution >= 0.6 is 0 Å². The van der Waals surface area contributed by atoms with Crippen LogP contribution in [-0.2, 0) is 20.9 Å². The van der Waals surface area contributed by atoms with Crippen LogP contribution in [0.25, 0.3) is 0 Å². The van der Waals surface area contributed by atoms with Gasteiger partial charge in [-0.1, -0.05) is 51.1 Å². The summed E-state index contributed by atoms with van der Waals surface area (Å²) >= 11 is 0. The molecular weight excluding hydrogens is 254 g/mol. The Morgan fingerprint density at radius 2 is 1.80 bits per heavy atom. The second-order valence-corrected chi connectivity index (χ2v) is 5.50. The molecule has 4 nitrogen and oxygen atoms in total. The van der Waals surface area contributed by atoms with E-state index in [1.165, 1.54) is 13.2 Å². The molecule has 0 atom stereocenters. The third kappa shape index (κ3) is 4.88. The molecule has 0 spiro atoms. The zero-order valence-electron chi connectivity index (χ0n) is 12.4. The van der Waals surface area contributed by atoms with Crippen molar-refractivity contribution in [3.63, 3.8) is 0 Å². The predicted octanol–water partition coefficient (Wildman–Crippen LogP) is 2.45. The van der Waals surface area contributed by atoms with Gasteiger partial charge in [-0.15, -0.1) is 0 Å². The minimum Gasteiger partial charge on any atom is -0.464 e. The first-order chi connectivity index (χ1) is 9.34. The monoisotopic (exact) mass is 275 g/mol. The number of nitrogens with one attached hydrogen (secondary N) is 1. The Morgan fingerprint density at radius 3 is 2.30 bits per heavy atom. The molecule has 0 aliphatic heterocycles. The summed E-state index contributed by atoms with van der Waals surface area (Å²) in [6.07, 6.45) is 1.31. The third-order valence-corrected chi connectivity index (χ3v) is 2.75. The van der Waals surface area contributed by atoms with E-state index in [9.17, 15) is 9.59 Å². The van der Waals surface area contributed by atoms with E-state index < -0.39 is 11.4 Å². The van der Waals surface area contributed by atoms with Crippen LogP contribution in [-0.4, -0.2) is 18.9 Å². The second-order valence-electron chi connectivity index (χ2n) is 5.50. The SMILES string of the molecule is COC(=O)/C(=C/C(=O)C(C)(C)C)NCc1ccccc1. The van der Waals surface area contributed by atoms with Gasteiger partial charge in [-0.25, -0.2) is 4.79 Å². The summed E-state index contributed by atoms with van der Waals surface area (Å²) in [5.41, 5.74) is 0.662. The van der Waals surface area contributed by atoms with Gasteiger partial charge in [0.25, 0.3) is 0 Å². The highest BCUT2D eigenvalue weighted by Crippen LogP contribution is 2.16. The molecule has 0 unspecified atom stereocenters. The van der Waals surface area contributed by atoms with Gasteiger partial charge in [0, 0.05) is 18.0 Å². The molecule has 0 fully saturated rings. The van der Waals surface area contributed by atoms with Crippen LogP contribution in [0.3, 0.4) is 0 Å². The first-order valence-corrected chi connectivity index (χ1v) is 6.47. The zero-order chi connectivity index (χ0) is 15.2. The fourth-order valence-electron chi connectivity index (χ4n) is 1.43. The Bertz CT molecular complexity index is 498.